The van der Waals surface area contributed by atoms with Crippen molar-refractivity contribution < 1.29 is 4.74 Å². The highest BCUT2D eigenvalue weighted by Gasteiger charge is 2.26. The minimum atomic E-state index is 0.0835. The number of imidazole rings is 1. The first-order chi connectivity index (χ1) is 15.7. The van der Waals surface area contributed by atoms with Crippen LogP contribution in [0, 0.1) is 5.92 Å². The van der Waals surface area contributed by atoms with Crippen molar-refractivity contribution >= 4 is 39.1 Å². The maximum absolute atomic E-state index is 13.7. The number of ether oxygens (including phenoxy) is 1. The van der Waals surface area contributed by atoms with Crippen molar-refractivity contribution in [3.8, 4) is 0 Å². The Balaban J connectivity index is 1.39. The first-order valence-corrected chi connectivity index (χ1v) is 13.0. The number of thiophene rings is 1. The summed E-state index contributed by atoms with van der Waals surface area (Å²) >= 11 is 3.28. The minimum absolute atomic E-state index is 0.0835. The molecule has 166 valence electrons. The van der Waals surface area contributed by atoms with Gasteiger partial charge in [0.25, 0.3) is 5.56 Å². The van der Waals surface area contributed by atoms with Crippen LogP contribution in [-0.4, -0.2) is 36.6 Å². The molecule has 0 spiro atoms. The summed E-state index contributed by atoms with van der Waals surface area (Å²) in [5.74, 6) is 1.99. The van der Waals surface area contributed by atoms with Crippen molar-refractivity contribution in [1.82, 2.24) is 23.9 Å². The highest BCUT2D eigenvalue weighted by molar-refractivity contribution is 7.98. The zero-order chi connectivity index (χ0) is 21.7. The molecule has 4 aromatic rings. The van der Waals surface area contributed by atoms with Crippen molar-refractivity contribution in [3.63, 3.8) is 0 Å². The van der Waals surface area contributed by atoms with E-state index in [0.717, 1.165) is 59.8 Å². The van der Waals surface area contributed by atoms with E-state index < -0.39 is 0 Å². The van der Waals surface area contributed by atoms with Gasteiger partial charge in [-0.1, -0.05) is 18.7 Å². The summed E-state index contributed by atoms with van der Waals surface area (Å²) in [4.78, 5) is 29.9. The van der Waals surface area contributed by atoms with Crippen LogP contribution in [0.25, 0.3) is 16.0 Å². The summed E-state index contributed by atoms with van der Waals surface area (Å²) in [6.45, 7) is 3.64. The first-order valence-electron chi connectivity index (χ1n) is 11.2. The molecule has 1 aliphatic heterocycles. The SMILES string of the molecule is CC1CCc2c(sc3nc(SCc4cn5cccnc5n4)n(CC4CCCO4)c(=O)c23)C1. The van der Waals surface area contributed by atoms with Crippen LogP contribution < -0.4 is 5.56 Å². The number of rotatable bonds is 5. The van der Waals surface area contributed by atoms with Gasteiger partial charge in [-0.15, -0.1) is 11.3 Å². The molecule has 1 aliphatic carbocycles. The second-order valence-electron chi connectivity index (χ2n) is 8.82. The molecule has 0 amide bonds. The fourth-order valence-corrected chi connectivity index (χ4v) is 7.07. The van der Waals surface area contributed by atoms with E-state index in [0.29, 0.717) is 24.0 Å². The summed E-state index contributed by atoms with van der Waals surface area (Å²) in [5.41, 5.74) is 2.26. The number of thioether (sulfide) groups is 1. The Morgan fingerprint density at radius 2 is 2.25 bits per heavy atom. The lowest BCUT2D eigenvalue weighted by Crippen LogP contribution is -2.29. The Morgan fingerprint density at radius 1 is 1.31 bits per heavy atom. The fourth-order valence-electron chi connectivity index (χ4n) is 4.76. The highest BCUT2D eigenvalue weighted by Crippen LogP contribution is 2.37. The van der Waals surface area contributed by atoms with Crippen molar-refractivity contribution in [2.45, 2.75) is 62.6 Å². The Kier molecular flexibility index (Phi) is 5.27. The van der Waals surface area contributed by atoms with Gasteiger partial charge < -0.3 is 4.74 Å². The molecule has 1 fully saturated rings. The summed E-state index contributed by atoms with van der Waals surface area (Å²) < 4.78 is 9.65. The van der Waals surface area contributed by atoms with Gasteiger partial charge in [0.15, 0.2) is 5.16 Å². The lowest BCUT2D eigenvalue weighted by atomic mass is 9.89. The zero-order valence-electron chi connectivity index (χ0n) is 18.0. The van der Waals surface area contributed by atoms with Gasteiger partial charge in [0.2, 0.25) is 5.78 Å². The summed E-state index contributed by atoms with van der Waals surface area (Å²) in [6, 6.07) is 1.89. The average Bonchev–Trinajstić information content (AvgIpc) is 3.51. The second-order valence-corrected chi connectivity index (χ2v) is 10.9. The van der Waals surface area contributed by atoms with E-state index in [1.54, 1.807) is 29.3 Å². The third-order valence-electron chi connectivity index (χ3n) is 6.42. The van der Waals surface area contributed by atoms with E-state index in [1.807, 2.05) is 27.4 Å². The maximum atomic E-state index is 13.7. The third kappa shape index (κ3) is 3.66. The van der Waals surface area contributed by atoms with Crippen molar-refractivity contribution in [2.24, 2.45) is 5.92 Å². The summed E-state index contributed by atoms with van der Waals surface area (Å²) in [5, 5.41) is 1.60. The number of hydrogen-bond acceptors (Lipinski definition) is 7. The lowest BCUT2D eigenvalue weighted by Gasteiger charge is -2.18. The molecule has 1 saturated heterocycles. The molecule has 0 saturated carbocycles. The third-order valence-corrected chi connectivity index (χ3v) is 8.58. The van der Waals surface area contributed by atoms with Crippen LogP contribution in [0.3, 0.4) is 0 Å². The van der Waals surface area contributed by atoms with Gasteiger partial charge >= 0.3 is 0 Å². The molecule has 9 heteroatoms. The Morgan fingerprint density at radius 3 is 3.09 bits per heavy atom. The molecule has 0 radical (unpaired) electrons. The van der Waals surface area contributed by atoms with Crippen molar-refractivity contribution in [2.75, 3.05) is 6.61 Å². The van der Waals surface area contributed by atoms with Crippen LogP contribution in [0.2, 0.25) is 0 Å². The van der Waals surface area contributed by atoms with E-state index >= 15 is 0 Å². The van der Waals surface area contributed by atoms with Crippen LogP contribution in [0.4, 0.5) is 0 Å². The molecule has 2 unspecified atom stereocenters. The molecule has 0 aromatic carbocycles. The summed E-state index contributed by atoms with van der Waals surface area (Å²) in [6.07, 6.45) is 11.0. The Bertz CT molecular complexity index is 1320. The second kappa shape index (κ2) is 8.28. The molecular formula is C23H25N5O2S2. The van der Waals surface area contributed by atoms with Gasteiger partial charge in [-0.25, -0.2) is 15.0 Å². The van der Waals surface area contributed by atoms with E-state index in [2.05, 4.69) is 16.9 Å². The molecule has 0 N–H and O–H groups in total. The number of nitrogens with zero attached hydrogens (tertiary/aromatic N) is 5. The molecule has 4 aromatic heterocycles. The predicted octanol–water partition coefficient (Wildman–Crippen LogP) is 4.10. The van der Waals surface area contributed by atoms with Gasteiger partial charge in [0, 0.05) is 35.8 Å². The van der Waals surface area contributed by atoms with Crippen LogP contribution in [0.15, 0.2) is 34.6 Å². The molecule has 2 aliphatic rings. The quantitative estimate of drug-likeness (QED) is 0.325. The van der Waals surface area contributed by atoms with Crippen LogP contribution >= 0.6 is 23.1 Å². The van der Waals surface area contributed by atoms with E-state index in [4.69, 9.17) is 9.72 Å². The topological polar surface area (TPSA) is 74.3 Å². The fraction of sp³-hybridized carbons (Fsp3) is 0.478. The van der Waals surface area contributed by atoms with Gasteiger partial charge in [-0.3, -0.25) is 13.8 Å². The normalized spacial score (nSPS) is 20.9. The largest absolute Gasteiger partial charge is 0.376 e. The predicted molar refractivity (Wildman–Crippen MR) is 127 cm³/mol. The maximum Gasteiger partial charge on any atom is 0.263 e. The van der Waals surface area contributed by atoms with E-state index in [9.17, 15) is 4.79 Å². The number of aromatic nitrogens is 5. The van der Waals surface area contributed by atoms with Gasteiger partial charge in [0.05, 0.1) is 23.7 Å². The smallest absolute Gasteiger partial charge is 0.263 e. The Hall–Kier alpha value is -2.23. The highest BCUT2D eigenvalue weighted by atomic mass is 32.2. The van der Waals surface area contributed by atoms with Crippen LogP contribution in [0.1, 0.15) is 42.3 Å². The van der Waals surface area contributed by atoms with Crippen LogP contribution in [-0.2, 0) is 29.9 Å². The molecule has 7 nitrogen and oxygen atoms in total. The molecule has 5 heterocycles. The zero-order valence-corrected chi connectivity index (χ0v) is 19.6. The number of fused-ring (bicyclic) bond motifs is 4. The molecule has 32 heavy (non-hydrogen) atoms. The van der Waals surface area contributed by atoms with Gasteiger partial charge in [-0.2, -0.15) is 0 Å². The number of hydrogen-bond donors (Lipinski definition) is 0. The Labute approximate surface area is 193 Å². The van der Waals surface area contributed by atoms with Gasteiger partial charge in [0.1, 0.15) is 4.83 Å². The molecule has 0 bridgehead atoms. The van der Waals surface area contributed by atoms with E-state index in [1.165, 1.54) is 10.4 Å². The van der Waals surface area contributed by atoms with Crippen molar-refractivity contribution in [1.29, 1.82) is 0 Å². The minimum Gasteiger partial charge on any atom is -0.376 e. The molecular weight excluding hydrogens is 442 g/mol. The average molecular weight is 468 g/mol. The molecule has 6 rings (SSSR count). The monoisotopic (exact) mass is 467 g/mol. The first kappa shape index (κ1) is 20.4. The number of aryl methyl sites for hydroxylation is 1. The van der Waals surface area contributed by atoms with E-state index in [-0.39, 0.29) is 11.7 Å². The standard InChI is InChI=1S/C23H25N5O2S2/c1-14-5-6-17-18(10-14)32-20-19(17)21(29)28(12-16-4-2-9-30-16)23(26-20)31-13-15-11-27-8-3-7-24-22(27)25-15/h3,7-8,11,14,16H,2,4-6,9-10,12-13H2,1H3. The van der Waals surface area contributed by atoms with Gasteiger partial charge in [-0.05, 0) is 49.7 Å². The summed E-state index contributed by atoms with van der Waals surface area (Å²) in [7, 11) is 0. The lowest BCUT2D eigenvalue weighted by molar-refractivity contribution is 0.0937. The van der Waals surface area contributed by atoms with Crippen LogP contribution in [0.5, 0.6) is 0 Å². The molecule has 2 atom stereocenters. The van der Waals surface area contributed by atoms with Crippen molar-refractivity contribution in [3.05, 3.63) is 51.1 Å².